The van der Waals surface area contributed by atoms with Gasteiger partial charge in [-0.15, -0.1) is 0 Å². The molecule has 0 saturated heterocycles. The third kappa shape index (κ3) is 5.49. The van der Waals surface area contributed by atoms with Crippen LogP contribution >= 0.6 is 23.2 Å². The first-order chi connectivity index (χ1) is 9.85. The van der Waals surface area contributed by atoms with Crippen molar-refractivity contribution in [3.63, 3.8) is 0 Å². The average molecular weight is 337 g/mol. The van der Waals surface area contributed by atoms with Crippen molar-refractivity contribution in [3.05, 3.63) is 33.6 Å². The first kappa shape index (κ1) is 17.7. The van der Waals surface area contributed by atoms with Gasteiger partial charge in [-0.2, -0.15) is 0 Å². The lowest BCUT2D eigenvalue weighted by Gasteiger charge is -2.13. The Morgan fingerprint density at radius 2 is 1.95 bits per heavy atom. The smallest absolute Gasteiger partial charge is 0.275 e. The number of nitrogens with two attached hydrogens (primary N) is 1. The predicted molar refractivity (Wildman–Crippen MR) is 78.7 cm³/mol. The van der Waals surface area contributed by atoms with E-state index in [-0.39, 0.29) is 36.0 Å². The lowest BCUT2D eigenvalue weighted by Crippen LogP contribution is -2.87. The molecule has 0 unspecified atom stereocenters. The van der Waals surface area contributed by atoms with E-state index in [9.17, 15) is 14.0 Å². The summed E-state index contributed by atoms with van der Waals surface area (Å²) in [6, 6.07) is 2.37. The molecule has 0 fully saturated rings. The van der Waals surface area contributed by atoms with Crippen LogP contribution in [0, 0.1) is 5.82 Å². The molecule has 0 saturated carbocycles. The second-order valence-electron chi connectivity index (χ2n) is 4.47. The zero-order chi connectivity index (χ0) is 16.0. The van der Waals surface area contributed by atoms with Gasteiger partial charge >= 0.3 is 0 Å². The molecular formula is C13H17Cl2FN3O2+. The highest BCUT2D eigenvalue weighted by Crippen LogP contribution is 2.27. The minimum atomic E-state index is -0.555. The van der Waals surface area contributed by atoms with Crippen molar-refractivity contribution in [1.82, 2.24) is 10.6 Å². The molecule has 0 heterocycles. The number of carbonyl (C=O) groups is 2. The minimum absolute atomic E-state index is 0.0423. The van der Waals surface area contributed by atoms with Gasteiger partial charge in [-0.1, -0.05) is 23.2 Å². The average Bonchev–Trinajstić information content (AvgIpc) is 2.45. The van der Waals surface area contributed by atoms with Gasteiger partial charge in [0, 0.05) is 12.6 Å². The highest BCUT2D eigenvalue weighted by atomic mass is 35.5. The van der Waals surface area contributed by atoms with Gasteiger partial charge in [-0.25, -0.2) is 4.39 Å². The summed E-state index contributed by atoms with van der Waals surface area (Å²) in [6.07, 6.45) is 0. The van der Waals surface area contributed by atoms with Crippen LogP contribution in [-0.2, 0) is 9.59 Å². The number of hydrogen-bond acceptors (Lipinski definition) is 2. The Bertz CT molecular complexity index is 540. The zero-order valence-corrected chi connectivity index (χ0v) is 13.2. The number of rotatable bonds is 6. The van der Waals surface area contributed by atoms with Crippen molar-refractivity contribution in [2.45, 2.75) is 13.0 Å². The van der Waals surface area contributed by atoms with E-state index in [4.69, 9.17) is 23.2 Å². The number of halogens is 3. The van der Waals surface area contributed by atoms with Gasteiger partial charge in [0.05, 0.1) is 16.6 Å². The number of nitrogens with one attached hydrogen (secondary N) is 2. The Morgan fingerprint density at radius 3 is 2.57 bits per heavy atom. The van der Waals surface area contributed by atoms with Crippen molar-refractivity contribution in [2.75, 3.05) is 20.1 Å². The Labute approximate surface area is 132 Å². The summed E-state index contributed by atoms with van der Waals surface area (Å²) in [7, 11) is 1.49. The molecule has 2 amide bonds. The van der Waals surface area contributed by atoms with Crippen LogP contribution in [0.3, 0.4) is 0 Å². The maximum absolute atomic E-state index is 13.4. The Hall–Kier alpha value is -1.37. The molecule has 8 heteroatoms. The van der Waals surface area contributed by atoms with Crippen molar-refractivity contribution in [3.8, 4) is 0 Å². The zero-order valence-electron chi connectivity index (χ0n) is 11.7. The van der Waals surface area contributed by atoms with Crippen molar-refractivity contribution in [1.29, 1.82) is 0 Å². The van der Waals surface area contributed by atoms with Crippen LogP contribution in [-0.4, -0.2) is 32.0 Å². The number of quaternary nitrogens is 1. The van der Waals surface area contributed by atoms with Gasteiger partial charge in [0.25, 0.3) is 5.91 Å². The van der Waals surface area contributed by atoms with Gasteiger partial charge < -0.3 is 16.0 Å². The summed E-state index contributed by atoms with van der Waals surface area (Å²) in [6.45, 7) is 1.81. The molecule has 1 aromatic rings. The van der Waals surface area contributed by atoms with E-state index in [2.05, 4.69) is 10.6 Å². The quantitative estimate of drug-likeness (QED) is 0.666. The summed E-state index contributed by atoms with van der Waals surface area (Å²) in [5.74, 6) is -1.13. The van der Waals surface area contributed by atoms with Crippen LogP contribution in [0.5, 0.6) is 0 Å². The van der Waals surface area contributed by atoms with E-state index in [1.807, 2.05) is 0 Å². The maximum Gasteiger partial charge on any atom is 0.275 e. The summed E-state index contributed by atoms with van der Waals surface area (Å²) < 4.78 is 13.4. The standard InChI is InChI=1S/C13H16Cl2FN3O2/c1-7(8-3-11(16)10(15)4-9(8)14)18-6-13(21)19-5-12(20)17-2/h3-4,7,18H,5-6H2,1-2H3,(H,17,20)(H,19,21)/p+1/t7-/m1/s1. The molecule has 4 N–H and O–H groups in total. The van der Waals surface area contributed by atoms with Crippen LogP contribution in [0.2, 0.25) is 10.0 Å². The fourth-order valence-corrected chi connectivity index (χ4v) is 2.19. The van der Waals surface area contributed by atoms with E-state index in [1.54, 1.807) is 12.2 Å². The summed E-state index contributed by atoms with van der Waals surface area (Å²) in [5.41, 5.74) is 0.553. The highest BCUT2D eigenvalue weighted by molar-refractivity contribution is 6.35. The minimum Gasteiger partial charge on any atom is -0.358 e. The third-order valence-electron chi connectivity index (χ3n) is 2.91. The van der Waals surface area contributed by atoms with Gasteiger partial charge in [-0.05, 0) is 19.1 Å². The molecule has 5 nitrogen and oxygen atoms in total. The SMILES string of the molecule is CNC(=O)CNC(=O)C[NH2+][C@H](C)c1cc(F)c(Cl)cc1Cl. The lowest BCUT2D eigenvalue weighted by atomic mass is 10.1. The number of amides is 2. The number of benzene rings is 1. The van der Waals surface area contributed by atoms with Crippen LogP contribution in [0.25, 0.3) is 0 Å². The molecule has 0 aromatic heterocycles. The highest BCUT2D eigenvalue weighted by Gasteiger charge is 2.17. The van der Waals surface area contributed by atoms with Gasteiger partial charge in [0.1, 0.15) is 11.9 Å². The molecule has 0 spiro atoms. The van der Waals surface area contributed by atoms with E-state index in [1.165, 1.54) is 19.2 Å². The van der Waals surface area contributed by atoms with Gasteiger partial charge in [0.15, 0.2) is 6.54 Å². The monoisotopic (exact) mass is 336 g/mol. The Kier molecular flexibility index (Phi) is 6.87. The molecule has 1 atom stereocenters. The van der Waals surface area contributed by atoms with E-state index in [0.29, 0.717) is 10.6 Å². The normalized spacial score (nSPS) is 11.9. The van der Waals surface area contributed by atoms with Crippen LogP contribution in [0.15, 0.2) is 12.1 Å². The largest absolute Gasteiger partial charge is 0.358 e. The van der Waals surface area contributed by atoms with Gasteiger partial charge in [0.2, 0.25) is 5.91 Å². The maximum atomic E-state index is 13.4. The van der Waals surface area contributed by atoms with Crippen molar-refractivity contribution < 1.29 is 19.3 Å². The Balaban J connectivity index is 2.54. The second kappa shape index (κ2) is 8.17. The molecule has 0 aliphatic rings. The molecule has 116 valence electrons. The first-order valence-corrected chi connectivity index (χ1v) is 7.05. The molecule has 0 aliphatic carbocycles. The first-order valence-electron chi connectivity index (χ1n) is 6.30. The van der Waals surface area contributed by atoms with Crippen molar-refractivity contribution >= 4 is 35.0 Å². The summed E-state index contributed by atoms with van der Waals surface area (Å²) in [5, 5.41) is 6.85. The number of hydrogen-bond donors (Lipinski definition) is 3. The van der Waals surface area contributed by atoms with Crippen LogP contribution in [0.4, 0.5) is 4.39 Å². The summed E-state index contributed by atoms with van der Waals surface area (Å²) in [4.78, 5) is 22.5. The molecule has 0 radical (unpaired) electrons. The lowest BCUT2D eigenvalue weighted by molar-refractivity contribution is -0.682. The van der Waals surface area contributed by atoms with E-state index >= 15 is 0 Å². The fourth-order valence-electron chi connectivity index (χ4n) is 1.64. The van der Waals surface area contributed by atoms with Gasteiger partial charge in [-0.3, -0.25) is 9.59 Å². The van der Waals surface area contributed by atoms with E-state index in [0.717, 1.165) is 0 Å². The molecular weight excluding hydrogens is 320 g/mol. The molecule has 0 bridgehead atoms. The summed E-state index contributed by atoms with van der Waals surface area (Å²) >= 11 is 11.6. The molecule has 0 aliphatic heterocycles. The number of likely N-dealkylation sites (N-methyl/N-ethyl adjacent to an activating group) is 1. The van der Waals surface area contributed by atoms with Crippen LogP contribution in [0.1, 0.15) is 18.5 Å². The van der Waals surface area contributed by atoms with Crippen molar-refractivity contribution in [2.24, 2.45) is 0 Å². The molecule has 1 aromatic carbocycles. The topological polar surface area (TPSA) is 74.8 Å². The molecule has 1 rings (SSSR count). The Morgan fingerprint density at radius 1 is 1.29 bits per heavy atom. The second-order valence-corrected chi connectivity index (χ2v) is 5.28. The number of carbonyl (C=O) groups excluding carboxylic acids is 2. The van der Waals surface area contributed by atoms with Crippen LogP contribution < -0.4 is 16.0 Å². The predicted octanol–water partition coefficient (Wildman–Crippen LogP) is 0.619. The fraction of sp³-hybridized carbons (Fsp3) is 0.385. The van der Waals surface area contributed by atoms with E-state index < -0.39 is 5.82 Å². The third-order valence-corrected chi connectivity index (χ3v) is 3.53. The molecule has 21 heavy (non-hydrogen) atoms.